The quantitative estimate of drug-likeness (QED) is 0.748. The lowest BCUT2D eigenvalue weighted by Crippen LogP contribution is -2.35. The number of allylic oxidation sites excluding steroid dienone is 2. The largest absolute Gasteiger partial charge is 0.390 e. The molecule has 1 saturated carbocycles. The Bertz CT molecular complexity index is 337. The van der Waals surface area contributed by atoms with Gasteiger partial charge in [0.05, 0.1) is 5.60 Å². The third-order valence-electron chi connectivity index (χ3n) is 5.16. The Morgan fingerprint density at radius 1 is 1.47 bits per heavy atom. The summed E-state index contributed by atoms with van der Waals surface area (Å²) in [7, 11) is 0. The number of aliphatic hydroxyl groups is 1. The molecular weight excluding hydrogens is 212 g/mol. The maximum absolute atomic E-state index is 11.3. The van der Waals surface area contributed by atoms with E-state index in [2.05, 4.69) is 13.0 Å². The van der Waals surface area contributed by atoms with Crippen LogP contribution in [0.2, 0.25) is 0 Å². The second-order valence-electron chi connectivity index (χ2n) is 6.51. The van der Waals surface area contributed by atoms with Crippen LogP contribution in [0.3, 0.4) is 0 Å². The highest BCUT2D eigenvalue weighted by Crippen LogP contribution is 2.56. The van der Waals surface area contributed by atoms with Crippen molar-refractivity contribution in [2.75, 3.05) is 0 Å². The number of carbonyl (C=O) groups is 1. The Kier molecular flexibility index (Phi) is 3.19. The molecule has 1 fully saturated rings. The lowest BCUT2D eigenvalue weighted by atomic mass is 9.64. The summed E-state index contributed by atoms with van der Waals surface area (Å²) in [6.07, 6.45) is 8.47. The van der Waals surface area contributed by atoms with Gasteiger partial charge in [0.15, 0.2) is 0 Å². The summed E-state index contributed by atoms with van der Waals surface area (Å²) in [6.45, 7) is 6.06. The van der Waals surface area contributed by atoms with Crippen LogP contribution in [0.4, 0.5) is 0 Å². The minimum absolute atomic E-state index is 0.0602. The van der Waals surface area contributed by atoms with E-state index in [0.717, 1.165) is 37.5 Å². The summed E-state index contributed by atoms with van der Waals surface area (Å²) in [5.41, 5.74) is 0.447. The van der Waals surface area contributed by atoms with E-state index in [1.54, 1.807) is 0 Å². The van der Waals surface area contributed by atoms with Gasteiger partial charge in [0.1, 0.15) is 6.29 Å². The monoisotopic (exact) mass is 236 g/mol. The maximum Gasteiger partial charge on any atom is 0.146 e. The van der Waals surface area contributed by atoms with Crippen LogP contribution in [0.25, 0.3) is 0 Å². The highest BCUT2D eigenvalue weighted by Gasteiger charge is 2.49. The SMILES string of the molecule is C[C@@H]1CCC=C(C=O)[C@@]12CC[C@H](C(C)(C)O)C2. The van der Waals surface area contributed by atoms with Crippen LogP contribution >= 0.6 is 0 Å². The zero-order valence-corrected chi connectivity index (χ0v) is 11.2. The molecular formula is C15H24O2. The van der Waals surface area contributed by atoms with Crippen LogP contribution in [0, 0.1) is 17.3 Å². The molecule has 0 aromatic carbocycles. The molecule has 96 valence electrons. The number of aldehydes is 1. The Morgan fingerprint density at radius 2 is 2.18 bits per heavy atom. The molecule has 2 rings (SSSR count). The van der Waals surface area contributed by atoms with E-state index in [-0.39, 0.29) is 5.41 Å². The molecule has 1 N–H and O–H groups in total. The first-order valence-corrected chi connectivity index (χ1v) is 6.78. The Hall–Kier alpha value is -0.630. The smallest absolute Gasteiger partial charge is 0.146 e. The van der Waals surface area contributed by atoms with Crippen LogP contribution in [-0.4, -0.2) is 17.0 Å². The van der Waals surface area contributed by atoms with Crippen molar-refractivity contribution in [3.05, 3.63) is 11.6 Å². The van der Waals surface area contributed by atoms with Crippen molar-refractivity contribution in [3.8, 4) is 0 Å². The van der Waals surface area contributed by atoms with E-state index in [1.807, 2.05) is 13.8 Å². The summed E-state index contributed by atoms with van der Waals surface area (Å²) >= 11 is 0. The van der Waals surface area contributed by atoms with Gasteiger partial charge in [-0.25, -0.2) is 0 Å². The first-order chi connectivity index (χ1) is 7.90. The van der Waals surface area contributed by atoms with Crippen molar-refractivity contribution in [3.63, 3.8) is 0 Å². The second kappa shape index (κ2) is 4.24. The van der Waals surface area contributed by atoms with E-state index in [1.165, 1.54) is 6.42 Å². The van der Waals surface area contributed by atoms with Crippen LogP contribution in [-0.2, 0) is 4.79 Å². The third-order valence-corrected chi connectivity index (χ3v) is 5.16. The Morgan fingerprint density at radius 3 is 2.71 bits per heavy atom. The van der Waals surface area contributed by atoms with Crippen molar-refractivity contribution < 1.29 is 9.90 Å². The molecule has 0 radical (unpaired) electrons. The number of hydrogen-bond acceptors (Lipinski definition) is 2. The molecule has 1 spiro atoms. The van der Waals surface area contributed by atoms with Crippen molar-refractivity contribution in [2.45, 2.75) is 58.5 Å². The first kappa shape index (κ1) is 12.8. The van der Waals surface area contributed by atoms with Crippen molar-refractivity contribution in [1.29, 1.82) is 0 Å². The van der Waals surface area contributed by atoms with Crippen LogP contribution in [0.1, 0.15) is 52.9 Å². The molecule has 2 aliphatic rings. The highest BCUT2D eigenvalue weighted by atomic mass is 16.3. The molecule has 2 heteroatoms. The average molecular weight is 236 g/mol. The molecule has 0 unspecified atom stereocenters. The van der Waals surface area contributed by atoms with Gasteiger partial charge in [0, 0.05) is 5.41 Å². The fourth-order valence-electron chi connectivity index (χ4n) is 3.81. The molecule has 3 atom stereocenters. The first-order valence-electron chi connectivity index (χ1n) is 6.78. The van der Waals surface area contributed by atoms with Gasteiger partial charge in [0.25, 0.3) is 0 Å². The minimum Gasteiger partial charge on any atom is -0.390 e. The lowest BCUT2D eigenvalue weighted by molar-refractivity contribution is -0.106. The van der Waals surface area contributed by atoms with Crippen molar-refractivity contribution in [2.24, 2.45) is 17.3 Å². The zero-order valence-electron chi connectivity index (χ0n) is 11.2. The summed E-state index contributed by atoms with van der Waals surface area (Å²) in [5.74, 6) is 0.895. The molecule has 0 heterocycles. The van der Waals surface area contributed by atoms with E-state index in [4.69, 9.17) is 0 Å². The summed E-state index contributed by atoms with van der Waals surface area (Å²) in [6, 6.07) is 0. The third kappa shape index (κ3) is 2.08. The molecule has 2 aliphatic carbocycles. The Balaban J connectivity index is 2.27. The maximum atomic E-state index is 11.3. The molecule has 0 aromatic heterocycles. The topological polar surface area (TPSA) is 37.3 Å². The normalized spacial score (nSPS) is 38.2. The van der Waals surface area contributed by atoms with Gasteiger partial charge >= 0.3 is 0 Å². The molecule has 0 bridgehead atoms. The van der Waals surface area contributed by atoms with Crippen molar-refractivity contribution >= 4 is 6.29 Å². The summed E-state index contributed by atoms with van der Waals surface area (Å²) in [4.78, 5) is 11.3. The minimum atomic E-state index is -0.616. The fraction of sp³-hybridized carbons (Fsp3) is 0.800. The predicted molar refractivity (Wildman–Crippen MR) is 68.6 cm³/mol. The fourth-order valence-corrected chi connectivity index (χ4v) is 3.81. The average Bonchev–Trinajstić information content (AvgIpc) is 2.68. The molecule has 2 nitrogen and oxygen atoms in total. The summed E-state index contributed by atoms with van der Waals surface area (Å²) < 4.78 is 0. The zero-order chi connectivity index (χ0) is 12.7. The van der Waals surface area contributed by atoms with E-state index >= 15 is 0 Å². The predicted octanol–water partition coefficient (Wildman–Crippen LogP) is 3.10. The van der Waals surface area contributed by atoms with E-state index < -0.39 is 5.60 Å². The van der Waals surface area contributed by atoms with Gasteiger partial charge < -0.3 is 5.11 Å². The van der Waals surface area contributed by atoms with E-state index in [0.29, 0.717) is 11.8 Å². The van der Waals surface area contributed by atoms with Gasteiger partial charge in [-0.1, -0.05) is 13.0 Å². The van der Waals surface area contributed by atoms with Crippen LogP contribution < -0.4 is 0 Å². The van der Waals surface area contributed by atoms with Gasteiger partial charge in [-0.2, -0.15) is 0 Å². The second-order valence-corrected chi connectivity index (χ2v) is 6.51. The summed E-state index contributed by atoms with van der Waals surface area (Å²) in [5, 5.41) is 10.2. The number of hydrogen-bond donors (Lipinski definition) is 1. The molecule has 0 amide bonds. The lowest BCUT2D eigenvalue weighted by Gasteiger charge is -2.40. The van der Waals surface area contributed by atoms with Crippen LogP contribution in [0.5, 0.6) is 0 Å². The van der Waals surface area contributed by atoms with Gasteiger partial charge in [0.2, 0.25) is 0 Å². The number of carbonyl (C=O) groups excluding carboxylic acids is 1. The molecule has 17 heavy (non-hydrogen) atoms. The Labute approximate surface area is 104 Å². The van der Waals surface area contributed by atoms with E-state index in [9.17, 15) is 9.90 Å². The standard InChI is InChI=1S/C15H24O2/c1-11-5-4-6-13(10-16)15(11)8-7-12(9-15)14(2,3)17/h6,10-12,17H,4-5,7-9H2,1-3H3/t11-,12+,15-/m1/s1. The molecule has 0 saturated heterocycles. The highest BCUT2D eigenvalue weighted by molar-refractivity contribution is 5.76. The van der Waals surface area contributed by atoms with Gasteiger partial charge in [-0.05, 0) is 63.4 Å². The van der Waals surface area contributed by atoms with Gasteiger partial charge in [-0.3, -0.25) is 4.79 Å². The molecule has 0 aliphatic heterocycles. The molecule has 0 aromatic rings. The van der Waals surface area contributed by atoms with Crippen molar-refractivity contribution in [1.82, 2.24) is 0 Å². The van der Waals surface area contributed by atoms with Crippen LogP contribution in [0.15, 0.2) is 11.6 Å². The van der Waals surface area contributed by atoms with Gasteiger partial charge in [-0.15, -0.1) is 0 Å². The number of rotatable bonds is 2.